The monoisotopic (exact) mass is 816 g/mol. The van der Waals surface area contributed by atoms with E-state index in [9.17, 15) is 37.5 Å². The predicted octanol–water partition coefficient (Wildman–Crippen LogP) is 5.29. The van der Waals surface area contributed by atoms with Crippen LogP contribution in [0.3, 0.4) is 0 Å². The number of carboxylic acid groups (broad SMARTS) is 1. The largest absolute Gasteiger partial charge is 0.480 e. The Labute approximate surface area is 331 Å². The molecule has 0 aliphatic carbocycles. The number of aryl methyl sites for hydroxylation is 1. The summed E-state index contributed by atoms with van der Waals surface area (Å²) in [6.07, 6.45) is 0.316. The summed E-state index contributed by atoms with van der Waals surface area (Å²) < 4.78 is 28.0. The highest BCUT2D eigenvalue weighted by molar-refractivity contribution is 7.89. The van der Waals surface area contributed by atoms with Gasteiger partial charge in [0.2, 0.25) is 27.7 Å². The summed E-state index contributed by atoms with van der Waals surface area (Å²) in [6, 6.07) is 13.6. The van der Waals surface area contributed by atoms with Gasteiger partial charge in [0.25, 0.3) is 0 Å². The van der Waals surface area contributed by atoms with Crippen molar-refractivity contribution in [2.45, 2.75) is 75.9 Å². The number of carboxylic acids is 1. The molecule has 5 amide bonds. The van der Waals surface area contributed by atoms with Crippen LogP contribution in [0.2, 0.25) is 10.0 Å². The summed E-state index contributed by atoms with van der Waals surface area (Å²) in [5, 5.41) is 21.2. The molecule has 17 heteroatoms. The van der Waals surface area contributed by atoms with Gasteiger partial charge in [0, 0.05) is 34.5 Å². The lowest BCUT2D eigenvalue weighted by atomic mass is 10.0. The molecular weight excluding hydrogens is 771 g/mol. The molecule has 3 aromatic carbocycles. The molecular formula is C38H46Cl2N6O8S. The van der Waals surface area contributed by atoms with Gasteiger partial charge in [0.05, 0.1) is 17.4 Å². The smallest absolute Gasteiger partial charge is 0.326 e. The summed E-state index contributed by atoms with van der Waals surface area (Å²) >= 11 is 12.1. The number of urea groups is 1. The lowest BCUT2D eigenvalue weighted by Crippen LogP contribution is -2.53. The fourth-order valence-electron chi connectivity index (χ4n) is 6.22. The average molecular weight is 818 g/mol. The van der Waals surface area contributed by atoms with Crippen molar-refractivity contribution < 1.29 is 37.5 Å². The standard InChI is InChI=1S/C38H46Cl2N6O8S/c1-23(2)18-32(41-4)36(49)45(34(47)19-25-11-13-28(14-12-25)42-38(52)44-30-9-6-5-8-24(30)3)17-15-31(37(50)51)43-35(48)33-10-7-16-46(33)55(53,54)29-21-26(39)20-27(40)22-29/h5-6,8-9,11-14,20-23,31-33,41H,7,10,15-19H2,1-4H3,(H,43,48)(H,50,51)(H2,42,44,52)/t31-,32-,33-/m0/s1. The Hall–Kier alpha value is -4.54. The summed E-state index contributed by atoms with van der Waals surface area (Å²) in [7, 11) is -2.64. The Kier molecular flexibility index (Phi) is 15.2. The maximum Gasteiger partial charge on any atom is 0.326 e. The number of para-hydroxylation sites is 1. The zero-order valence-corrected chi connectivity index (χ0v) is 33.3. The van der Waals surface area contributed by atoms with E-state index in [1.165, 1.54) is 18.2 Å². The molecule has 0 saturated carbocycles. The van der Waals surface area contributed by atoms with Gasteiger partial charge in [-0.3, -0.25) is 19.3 Å². The van der Waals surface area contributed by atoms with Gasteiger partial charge >= 0.3 is 12.0 Å². The van der Waals surface area contributed by atoms with Gasteiger partial charge in [-0.1, -0.05) is 67.4 Å². The van der Waals surface area contributed by atoms with Gasteiger partial charge in [-0.2, -0.15) is 4.31 Å². The molecule has 1 fully saturated rings. The van der Waals surface area contributed by atoms with E-state index >= 15 is 0 Å². The summed E-state index contributed by atoms with van der Waals surface area (Å²) in [6.45, 7) is 5.37. The van der Waals surface area contributed by atoms with Crippen LogP contribution in [0.4, 0.5) is 16.2 Å². The third kappa shape index (κ3) is 11.7. The number of imide groups is 1. The number of sulfonamides is 1. The van der Waals surface area contributed by atoms with Crippen molar-refractivity contribution in [2.24, 2.45) is 5.92 Å². The van der Waals surface area contributed by atoms with Crippen LogP contribution in [-0.2, 0) is 35.6 Å². The Bertz CT molecular complexity index is 1980. The highest BCUT2D eigenvalue weighted by Crippen LogP contribution is 2.30. The Morgan fingerprint density at radius 2 is 1.60 bits per heavy atom. The van der Waals surface area contributed by atoms with Crippen LogP contribution in [-0.4, -0.2) is 90.7 Å². The first-order chi connectivity index (χ1) is 26.0. The minimum absolute atomic E-state index is 0.0119. The van der Waals surface area contributed by atoms with Crippen molar-refractivity contribution in [1.82, 2.24) is 19.8 Å². The van der Waals surface area contributed by atoms with E-state index in [-0.39, 0.29) is 53.2 Å². The maximum atomic E-state index is 13.8. The number of hydrogen-bond donors (Lipinski definition) is 5. The Morgan fingerprint density at radius 3 is 2.20 bits per heavy atom. The highest BCUT2D eigenvalue weighted by atomic mass is 35.5. The van der Waals surface area contributed by atoms with Crippen LogP contribution >= 0.6 is 23.2 Å². The quantitative estimate of drug-likeness (QED) is 0.128. The molecule has 14 nitrogen and oxygen atoms in total. The number of benzene rings is 3. The van der Waals surface area contributed by atoms with Crippen LogP contribution in [0.1, 0.15) is 50.7 Å². The van der Waals surface area contributed by atoms with E-state index in [1.807, 2.05) is 39.0 Å². The summed E-state index contributed by atoms with van der Waals surface area (Å²) in [5.74, 6) is -3.34. The molecule has 0 bridgehead atoms. The number of anilines is 2. The van der Waals surface area contributed by atoms with Crippen molar-refractivity contribution in [2.75, 3.05) is 30.8 Å². The van der Waals surface area contributed by atoms with E-state index in [0.29, 0.717) is 29.8 Å². The van der Waals surface area contributed by atoms with Crippen LogP contribution in [0.15, 0.2) is 71.6 Å². The number of carbonyl (C=O) groups excluding carboxylic acids is 4. The third-order valence-corrected chi connectivity index (χ3v) is 11.4. The number of carbonyl (C=O) groups is 5. The lowest BCUT2D eigenvalue weighted by Gasteiger charge is -2.29. The SMILES string of the molecule is CN[C@@H](CC(C)C)C(=O)N(CC[C@H](NC(=O)[C@@H]1CCCN1S(=O)(=O)c1cc(Cl)cc(Cl)c1)C(=O)O)C(=O)Cc1ccc(NC(=O)Nc2ccccc2C)cc1. The zero-order valence-electron chi connectivity index (χ0n) is 31.0. The van der Waals surface area contributed by atoms with Crippen molar-refractivity contribution in [1.29, 1.82) is 0 Å². The normalized spacial score (nSPS) is 15.6. The average Bonchev–Trinajstić information content (AvgIpc) is 3.63. The van der Waals surface area contributed by atoms with E-state index in [0.717, 1.165) is 14.8 Å². The number of rotatable bonds is 16. The minimum atomic E-state index is -4.23. The third-order valence-electron chi connectivity index (χ3n) is 9.09. The number of nitrogens with one attached hydrogen (secondary N) is 4. The molecule has 4 rings (SSSR count). The van der Waals surface area contributed by atoms with Crippen LogP contribution < -0.4 is 21.3 Å². The number of hydrogen-bond acceptors (Lipinski definition) is 8. The number of amides is 5. The van der Waals surface area contributed by atoms with Gasteiger partial charge in [0.1, 0.15) is 12.1 Å². The second kappa shape index (κ2) is 19.4. The summed E-state index contributed by atoms with van der Waals surface area (Å²) in [5.41, 5.74) is 2.54. The first-order valence-corrected chi connectivity index (χ1v) is 19.9. The van der Waals surface area contributed by atoms with E-state index in [4.69, 9.17) is 23.2 Å². The van der Waals surface area contributed by atoms with E-state index in [2.05, 4.69) is 21.3 Å². The van der Waals surface area contributed by atoms with Crippen LogP contribution in [0.25, 0.3) is 0 Å². The molecule has 5 N–H and O–H groups in total. The molecule has 1 saturated heterocycles. The second-order valence-electron chi connectivity index (χ2n) is 13.7. The molecule has 1 aliphatic heterocycles. The summed E-state index contributed by atoms with van der Waals surface area (Å²) in [4.78, 5) is 66.8. The van der Waals surface area contributed by atoms with Gasteiger partial charge < -0.3 is 26.4 Å². The topological polar surface area (TPSA) is 194 Å². The van der Waals surface area contributed by atoms with Gasteiger partial charge in [-0.25, -0.2) is 18.0 Å². The van der Waals surface area contributed by atoms with Crippen molar-refractivity contribution in [3.8, 4) is 0 Å². The maximum absolute atomic E-state index is 13.8. The molecule has 1 aliphatic rings. The van der Waals surface area contributed by atoms with Crippen LogP contribution in [0, 0.1) is 12.8 Å². The minimum Gasteiger partial charge on any atom is -0.480 e. The fourth-order valence-corrected chi connectivity index (χ4v) is 8.60. The molecule has 0 radical (unpaired) electrons. The molecule has 3 atom stereocenters. The van der Waals surface area contributed by atoms with E-state index < -0.39 is 57.9 Å². The van der Waals surface area contributed by atoms with Gasteiger partial charge in [-0.05, 0) is 93.1 Å². The van der Waals surface area contributed by atoms with Crippen LogP contribution in [0.5, 0.6) is 0 Å². The van der Waals surface area contributed by atoms with Gasteiger partial charge in [-0.15, -0.1) is 0 Å². The lowest BCUT2D eigenvalue weighted by molar-refractivity contribution is -0.148. The molecule has 3 aromatic rings. The molecule has 0 spiro atoms. The molecule has 0 unspecified atom stereocenters. The first kappa shape index (κ1) is 43.2. The first-order valence-electron chi connectivity index (χ1n) is 17.7. The van der Waals surface area contributed by atoms with E-state index in [1.54, 1.807) is 37.4 Å². The molecule has 0 aromatic heterocycles. The van der Waals surface area contributed by atoms with Gasteiger partial charge in [0.15, 0.2) is 0 Å². The molecule has 296 valence electrons. The second-order valence-corrected chi connectivity index (χ2v) is 16.5. The number of nitrogens with zero attached hydrogens (tertiary/aromatic N) is 2. The van der Waals surface area contributed by atoms with Crippen molar-refractivity contribution >= 4 is 74.3 Å². The Morgan fingerprint density at radius 1 is 0.945 bits per heavy atom. The van der Waals surface area contributed by atoms with Crippen molar-refractivity contribution in [3.05, 3.63) is 87.9 Å². The van der Waals surface area contributed by atoms with Crippen molar-refractivity contribution in [3.63, 3.8) is 0 Å². The predicted molar refractivity (Wildman–Crippen MR) is 211 cm³/mol. The number of halogens is 2. The molecule has 55 heavy (non-hydrogen) atoms. The molecule has 1 heterocycles. The Balaban J connectivity index is 1.47. The number of likely N-dealkylation sites (N-methyl/N-ethyl adjacent to an activating group) is 1. The fraction of sp³-hybridized carbons (Fsp3) is 0.395. The number of aliphatic carboxylic acids is 1. The highest BCUT2D eigenvalue weighted by Gasteiger charge is 2.41. The zero-order chi connectivity index (χ0) is 40.4.